The first kappa shape index (κ1) is 44.9. The maximum absolute atomic E-state index is 12.5. The van der Waals surface area contributed by atoms with Gasteiger partial charge in [0, 0.05) is 77.6 Å². The van der Waals surface area contributed by atoms with E-state index >= 15 is 0 Å². The normalized spacial score (nSPS) is 16.1. The fraction of sp³-hybridized carbons (Fsp3) is 0.117. The lowest BCUT2D eigenvalue weighted by molar-refractivity contribution is 0.590. The van der Waals surface area contributed by atoms with E-state index in [4.69, 9.17) is 8.22 Å². The third-order valence-electron chi connectivity index (χ3n) is 21.8. The second-order valence-electron chi connectivity index (χ2n) is 31.3. The molecule has 18 aromatic rings. The molecule has 2 aliphatic rings. The van der Waals surface area contributed by atoms with Crippen molar-refractivity contribution in [3.8, 4) is 67.6 Å². The van der Waals surface area contributed by atoms with E-state index in [0.29, 0.717) is 44.8 Å². The Morgan fingerprint density at radius 1 is 0.309 bits per heavy atom. The van der Waals surface area contributed by atoms with E-state index < -0.39 is 174 Å². The van der Waals surface area contributed by atoms with Crippen molar-refractivity contribution in [1.82, 2.24) is 13.7 Å². The Hall–Kier alpha value is -13.1. The molecule has 20 rings (SSSR count). The van der Waals surface area contributed by atoms with Gasteiger partial charge in [-0.05, 0) is 198 Å². The number of nitrogens with zero attached hydrogens (tertiary/aromatic N) is 6. The summed E-state index contributed by atoms with van der Waals surface area (Å²) < 4.78 is 242. The van der Waals surface area contributed by atoms with Crippen LogP contribution in [0.4, 0.5) is 34.1 Å². The van der Waals surface area contributed by atoms with E-state index in [1.54, 1.807) is 30.3 Å². The molecule has 0 amide bonds. The summed E-state index contributed by atoms with van der Waals surface area (Å²) in [6.07, 6.45) is 0. The smallest absolute Gasteiger partial charge is 0.252 e. The summed E-state index contributed by atoms with van der Waals surface area (Å²) in [6.45, 7) is 18.2. The monoisotopic (exact) mass is 1440 g/mol. The van der Waals surface area contributed by atoms with Gasteiger partial charge in [-0.25, -0.2) is 0 Å². The second kappa shape index (κ2) is 25.0. The molecule has 0 fully saturated rings. The van der Waals surface area contributed by atoms with Crippen LogP contribution in [0.5, 0.6) is 0 Å². The summed E-state index contributed by atoms with van der Waals surface area (Å²) in [5, 5.41) is 13.1. The molecule has 6 nitrogen and oxygen atoms in total. The van der Waals surface area contributed by atoms with Gasteiger partial charge in [-0.3, -0.25) is 0 Å². The summed E-state index contributed by atoms with van der Waals surface area (Å²) in [5.74, 6) is 0. The maximum atomic E-state index is 12.5. The van der Waals surface area contributed by atoms with Crippen molar-refractivity contribution in [1.29, 1.82) is 5.26 Å². The molecule has 2 aliphatic heterocycles. The molecule has 5 heterocycles. The highest BCUT2D eigenvalue weighted by atomic mass is 15.2. The Bertz CT molecular complexity index is 8200. The van der Waals surface area contributed by atoms with Gasteiger partial charge >= 0.3 is 0 Å². The fourth-order valence-corrected chi connectivity index (χ4v) is 16.4. The van der Waals surface area contributed by atoms with Gasteiger partial charge in [0.2, 0.25) is 0 Å². The standard InChI is InChI=1S/C103H81BN6/c1-101(2,3)72-45-52-92-84(56-72)85-57-73(102(4,5)6)46-53-93(85)108(92)77-62-97-99-98(63-77)110(100-81(67-32-18-12-19-33-67)58-74(103(7,8)9)59-82(100)68-34-20-13-21-35-68)95-55-70(66-30-16-11-17-31-66)43-49-86(95)104(99)87-50-48-76(106-88-39-25-22-36-78(88)79-37-23-26-40-89(79)106)61-96(87)109(97)94-60-75(47-42-71(94)64-105)107-90-41-27-24-38-80(90)83-54-69(44-51-91(83)107)65-28-14-10-15-29-65/h10-63H,1-9H3/i10D,11D,14D,15D,16D,17D,22D,23D,24D,25D,26D,27D,28D,29D,30D,31D,36D,37D,38D,39D,40D,41D,44D,51D,54D. The molecule has 0 aliphatic carbocycles. The van der Waals surface area contributed by atoms with Crippen LogP contribution in [0.25, 0.3) is 127 Å². The average molecular weight is 1440 g/mol. The lowest BCUT2D eigenvalue weighted by Crippen LogP contribution is -2.61. The molecule has 110 heavy (non-hydrogen) atoms. The van der Waals surface area contributed by atoms with Gasteiger partial charge in [0.1, 0.15) is 6.07 Å². The molecule has 0 bridgehead atoms. The minimum absolute atomic E-state index is 0.00205. The third-order valence-corrected chi connectivity index (χ3v) is 21.8. The van der Waals surface area contributed by atoms with Crippen molar-refractivity contribution in [3.63, 3.8) is 0 Å². The number of hydrogen-bond acceptors (Lipinski definition) is 3. The minimum atomic E-state index is -1.04. The summed E-state index contributed by atoms with van der Waals surface area (Å²) in [7, 11) is 0. The van der Waals surface area contributed by atoms with E-state index in [1.165, 1.54) is 21.3 Å². The summed E-state index contributed by atoms with van der Waals surface area (Å²) in [4.78, 5) is 4.00. The largest absolute Gasteiger partial charge is 0.310 e. The number of benzene rings is 15. The van der Waals surface area contributed by atoms with Crippen LogP contribution in [0.3, 0.4) is 0 Å². The summed E-state index contributed by atoms with van der Waals surface area (Å²) in [5.41, 5.74) is 7.94. The van der Waals surface area contributed by atoms with Gasteiger partial charge < -0.3 is 23.5 Å². The summed E-state index contributed by atoms with van der Waals surface area (Å²) >= 11 is 0. The second-order valence-corrected chi connectivity index (χ2v) is 31.3. The van der Waals surface area contributed by atoms with Gasteiger partial charge in [-0.2, -0.15) is 5.26 Å². The van der Waals surface area contributed by atoms with Gasteiger partial charge in [-0.1, -0.05) is 274 Å². The Morgan fingerprint density at radius 3 is 1.27 bits per heavy atom. The zero-order chi connectivity index (χ0) is 96.4. The van der Waals surface area contributed by atoms with Crippen LogP contribution in [0.2, 0.25) is 0 Å². The average Bonchev–Trinajstić information content (AvgIpc) is 1.50. The first-order valence-electron chi connectivity index (χ1n) is 49.0. The molecule has 0 saturated heterocycles. The highest BCUT2D eigenvalue weighted by molar-refractivity contribution is 7.00. The third kappa shape index (κ3) is 10.5. The number of hydrogen-bond donors (Lipinski definition) is 0. The van der Waals surface area contributed by atoms with Crippen molar-refractivity contribution in [2.75, 3.05) is 9.80 Å². The topological polar surface area (TPSA) is 45.1 Å². The van der Waals surface area contributed by atoms with Crippen LogP contribution in [0.15, 0.2) is 327 Å². The molecule has 7 heteroatoms. The quantitative estimate of drug-likeness (QED) is 0.135. The van der Waals surface area contributed by atoms with Crippen LogP contribution in [0.1, 0.15) is 119 Å². The molecule has 0 saturated carbocycles. The number of anilines is 6. The van der Waals surface area contributed by atoms with Crippen molar-refractivity contribution < 1.29 is 34.3 Å². The van der Waals surface area contributed by atoms with Crippen LogP contribution >= 0.6 is 0 Å². The van der Waals surface area contributed by atoms with Gasteiger partial charge in [0.05, 0.1) is 90.0 Å². The summed E-state index contributed by atoms with van der Waals surface area (Å²) in [6, 6.07) is 41.5. The van der Waals surface area contributed by atoms with Crippen molar-refractivity contribution in [2.45, 2.75) is 78.6 Å². The fourth-order valence-electron chi connectivity index (χ4n) is 16.4. The molecular weight excluding hydrogens is 1330 g/mol. The van der Waals surface area contributed by atoms with E-state index in [1.807, 2.05) is 83.8 Å². The number of para-hydroxylation sites is 3. The zero-order valence-corrected chi connectivity index (χ0v) is 61.5. The van der Waals surface area contributed by atoms with Crippen LogP contribution < -0.4 is 26.2 Å². The molecule has 0 radical (unpaired) electrons. The Balaban J connectivity index is 1.02. The molecule has 0 atom stereocenters. The van der Waals surface area contributed by atoms with E-state index in [2.05, 4.69) is 132 Å². The Labute approximate surface area is 678 Å². The molecule has 526 valence electrons. The lowest BCUT2D eigenvalue weighted by atomic mass is 9.33. The van der Waals surface area contributed by atoms with E-state index in [9.17, 15) is 31.3 Å². The van der Waals surface area contributed by atoms with Crippen molar-refractivity contribution in [3.05, 3.63) is 349 Å². The molecule has 0 unspecified atom stereocenters. The number of rotatable bonds is 9. The lowest BCUT2D eigenvalue weighted by Gasteiger charge is -2.45. The van der Waals surface area contributed by atoms with Gasteiger partial charge in [0.25, 0.3) is 6.71 Å². The van der Waals surface area contributed by atoms with Crippen molar-refractivity contribution in [2.24, 2.45) is 0 Å². The number of aromatic nitrogens is 3. The molecule has 0 spiro atoms. The predicted octanol–water partition coefficient (Wildman–Crippen LogP) is 25.5. The van der Waals surface area contributed by atoms with Crippen LogP contribution in [0, 0.1) is 11.3 Å². The molecule has 3 aromatic heterocycles. The Morgan fingerprint density at radius 2 is 0.745 bits per heavy atom. The SMILES string of the molecule is [2H]c1c([2H])c([2H])c(-c2ccc3c(c2)N(c2c(-c4ccccc4)cc(C(C)(C)C)cc2-c2ccccc2)c2cc(-n4c5ccc(C(C)(C)C)cc5c5cc(C(C)(C)C)ccc54)cc4c2B3c2ccc(-n3c5c([2H])c([2H])c([2H])c([2H])c5c5c([2H])c([2H])c([2H])c([2H])c53)cc2N4c2cc(-n3c4c([2H])c([2H])c([2H])c([2H])c4c4c([2H])c(-c5c([2H])c([2H])c([2H])c([2H])c5[2H])c([2H])c([2H])c43)ccc2C#N)c([2H])c1[2H]. The van der Waals surface area contributed by atoms with Crippen molar-refractivity contribution >= 4 is 123 Å². The highest BCUT2D eigenvalue weighted by Crippen LogP contribution is 2.54. The van der Waals surface area contributed by atoms with E-state index in [0.717, 1.165) is 60.8 Å². The highest BCUT2D eigenvalue weighted by Gasteiger charge is 2.46. The number of nitriles is 1. The van der Waals surface area contributed by atoms with Crippen LogP contribution in [-0.4, -0.2) is 20.4 Å². The van der Waals surface area contributed by atoms with Gasteiger partial charge in [-0.15, -0.1) is 0 Å². The number of fused-ring (bicyclic) bond motifs is 13. The van der Waals surface area contributed by atoms with Gasteiger partial charge in [0.15, 0.2) is 0 Å². The zero-order valence-electron chi connectivity index (χ0n) is 86.5. The van der Waals surface area contributed by atoms with Crippen LogP contribution in [-0.2, 0) is 16.2 Å². The predicted molar refractivity (Wildman–Crippen MR) is 466 cm³/mol. The molecule has 0 N–H and O–H groups in total. The molecule has 15 aromatic carbocycles. The minimum Gasteiger partial charge on any atom is -0.310 e. The van der Waals surface area contributed by atoms with E-state index in [-0.39, 0.29) is 93.9 Å². The maximum Gasteiger partial charge on any atom is 0.252 e. The molecular formula is C103H81BN6. The Kier molecular flexibility index (Phi) is 10.2. The first-order chi connectivity index (χ1) is 63.8. The first-order valence-corrected chi connectivity index (χ1v) is 36.5.